The van der Waals surface area contributed by atoms with Crippen LogP contribution in [0.3, 0.4) is 0 Å². The fraction of sp³-hybridized carbons (Fsp3) is 0.250. The van der Waals surface area contributed by atoms with E-state index in [1.165, 1.54) is 6.20 Å². The number of hydrogen-bond donors (Lipinski definition) is 3. The van der Waals surface area contributed by atoms with Crippen LogP contribution in [0.25, 0.3) is 0 Å². The normalized spacial score (nSPS) is 10.5. The highest BCUT2D eigenvalue weighted by molar-refractivity contribution is 6.02. The van der Waals surface area contributed by atoms with Crippen LogP contribution in [0.15, 0.2) is 30.6 Å². The Morgan fingerprint density at radius 3 is 2.84 bits per heavy atom. The number of aromatic nitrogens is 3. The molecule has 7 heteroatoms. The largest absolute Gasteiger partial charge is 0.324 e. The van der Waals surface area contributed by atoms with Crippen LogP contribution in [0.2, 0.25) is 0 Å². The molecule has 0 unspecified atom stereocenters. The molecule has 0 spiro atoms. The molecule has 2 aromatic heterocycles. The fourth-order valence-electron chi connectivity index (χ4n) is 1.52. The molecular formula is C12H16N6O. The van der Waals surface area contributed by atoms with Crippen LogP contribution < -0.4 is 16.6 Å². The van der Waals surface area contributed by atoms with Gasteiger partial charge >= 0.3 is 0 Å². The van der Waals surface area contributed by atoms with E-state index in [0.717, 1.165) is 0 Å². The Bertz CT molecular complexity index is 577. The van der Waals surface area contributed by atoms with Crippen molar-refractivity contribution in [2.45, 2.75) is 19.9 Å². The second-order valence-electron chi connectivity index (χ2n) is 4.30. The van der Waals surface area contributed by atoms with E-state index in [4.69, 9.17) is 5.84 Å². The van der Waals surface area contributed by atoms with E-state index in [1.807, 2.05) is 20.0 Å². The molecule has 0 aromatic carbocycles. The van der Waals surface area contributed by atoms with Gasteiger partial charge < -0.3 is 10.7 Å². The number of carbonyl (C=O) groups is 1. The number of pyridine rings is 1. The number of anilines is 2. The number of rotatable bonds is 4. The summed E-state index contributed by atoms with van der Waals surface area (Å²) >= 11 is 0. The summed E-state index contributed by atoms with van der Waals surface area (Å²) in [5, 5.41) is 6.92. The van der Waals surface area contributed by atoms with Gasteiger partial charge in [0.05, 0.1) is 5.69 Å². The molecule has 0 aliphatic heterocycles. The minimum absolute atomic E-state index is 0.244. The molecule has 0 saturated heterocycles. The van der Waals surface area contributed by atoms with Crippen molar-refractivity contribution in [3.05, 3.63) is 36.3 Å². The van der Waals surface area contributed by atoms with Crippen molar-refractivity contribution in [1.29, 1.82) is 0 Å². The zero-order valence-corrected chi connectivity index (χ0v) is 10.8. The highest BCUT2D eigenvalue weighted by Gasteiger charge is 2.10. The van der Waals surface area contributed by atoms with Crippen LogP contribution in [-0.4, -0.2) is 20.7 Å². The molecule has 0 aliphatic rings. The molecular weight excluding hydrogens is 244 g/mol. The summed E-state index contributed by atoms with van der Waals surface area (Å²) in [6, 6.07) is 5.22. The van der Waals surface area contributed by atoms with E-state index in [0.29, 0.717) is 11.5 Å². The van der Waals surface area contributed by atoms with E-state index >= 15 is 0 Å². The van der Waals surface area contributed by atoms with Crippen molar-refractivity contribution < 1.29 is 4.79 Å². The summed E-state index contributed by atoms with van der Waals surface area (Å²) in [7, 11) is 0. The zero-order chi connectivity index (χ0) is 13.8. The number of nitrogen functional groups attached to an aromatic ring is 1. The lowest BCUT2D eigenvalue weighted by molar-refractivity contribution is 0.102. The van der Waals surface area contributed by atoms with E-state index in [1.54, 1.807) is 22.9 Å². The fourth-order valence-corrected chi connectivity index (χ4v) is 1.52. The third kappa shape index (κ3) is 3.08. The van der Waals surface area contributed by atoms with Crippen LogP contribution in [0, 0.1) is 0 Å². The van der Waals surface area contributed by atoms with Gasteiger partial charge in [-0.15, -0.1) is 0 Å². The number of nitrogens with zero attached hydrogens (tertiary/aromatic N) is 3. The lowest BCUT2D eigenvalue weighted by atomic mass is 10.3. The van der Waals surface area contributed by atoms with Crippen LogP contribution in [0.1, 0.15) is 30.4 Å². The number of hydrazine groups is 1. The first kappa shape index (κ1) is 13.0. The summed E-state index contributed by atoms with van der Waals surface area (Å²) in [5.41, 5.74) is 3.36. The van der Waals surface area contributed by atoms with Gasteiger partial charge in [0.2, 0.25) is 0 Å². The van der Waals surface area contributed by atoms with Gasteiger partial charge in [0.1, 0.15) is 5.69 Å². The van der Waals surface area contributed by atoms with Crippen molar-refractivity contribution in [2.24, 2.45) is 5.84 Å². The molecule has 0 radical (unpaired) electrons. The molecule has 0 fully saturated rings. The van der Waals surface area contributed by atoms with Gasteiger partial charge in [-0.3, -0.25) is 20.3 Å². The third-order valence-corrected chi connectivity index (χ3v) is 2.54. The van der Waals surface area contributed by atoms with E-state index < -0.39 is 0 Å². The van der Waals surface area contributed by atoms with Crippen LogP contribution >= 0.6 is 0 Å². The molecule has 0 bridgehead atoms. The summed E-state index contributed by atoms with van der Waals surface area (Å²) in [6.07, 6.45) is 3.32. The first-order chi connectivity index (χ1) is 9.10. The van der Waals surface area contributed by atoms with Gasteiger partial charge in [-0.2, -0.15) is 5.10 Å². The van der Waals surface area contributed by atoms with Gasteiger partial charge in [0, 0.05) is 24.5 Å². The number of carbonyl (C=O) groups excluding carboxylic acids is 1. The van der Waals surface area contributed by atoms with Crippen molar-refractivity contribution in [1.82, 2.24) is 14.8 Å². The maximum Gasteiger partial charge on any atom is 0.275 e. The first-order valence-electron chi connectivity index (χ1n) is 5.89. The molecule has 100 valence electrons. The molecule has 7 nitrogen and oxygen atoms in total. The smallest absolute Gasteiger partial charge is 0.275 e. The van der Waals surface area contributed by atoms with Gasteiger partial charge in [-0.25, -0.2) is 0 Å². The Kier molecular flexibility index (Phi) is 3.76. The maximum absolute atomic E-state index is 12.0. The van der Waals surface area contributed by atoms with E-state index in [-0.39, 0.29) is 17.6 Å². The van der Waals surface area contributed by atoms with Crippen molar-refractivity contribution >= 4 is 17.4 Å². The first-order valence-corrected chi connectivity index (χ1v) is 5.89. The highest BCUT2D eigenvalue weighted by atomic mass is 16.2. The van der Waals surface area contributed by atoms with Gasteiger partial charge in [-0.05, 0) is 26.0 Å². The van der Waals surface area contributed by atoms with Crippen LogP contribution in [0.5, 0.6) is 0 Å². The van der Waals surface area contributed by atoms with Crippen molar-refractivity contribution in [3.8, 4) is 0 Å². The molecule has 1 amide bonds. The van der Waals surface area contributed by atoms with Crippen molar-refractivity contribution in [3.63, 3.8) is 0 Å². The zero-order valence-electron chi connectivity index (χ0n) is 10.8. The van der Waals surface area contributed by atoms with E-state index in [9.17, 15) is 4.79 Å². The van der Waals surface area contributed by atoms with Gasteiger partial charge in [-0.1, -0.05) is 0 Å². The van der Waals surface area contributed by atoms with Crippen molar-refractivity contribution in [2.75, 3.05) is 10.7 Å². The minimum atomic E-state index is -0.328. The molecule has 19 heavy (non-hydrogen) atoms. The summed E-state index contributed by atoms with van der Waals surface area (Å²) < 4.78 is 1.76. The standard InChI is InChI=1S/C12H16N6O/c1-8(2)18-6-4-11(17-18)15-12(19)10-7-9(16-13)3-5-14-10/h3-8H,13H2,1-2H3,(H,14,16)(H,15,17,19). The topological polar surface area (TPSA) is 97.9 Å². The molecule has 0 saturated carbocycles. The predicted octanol–water partition coefficient (Wildman–Crippen LogP) is 1.40. The lowest BCUT2D eigenvalue weighted by Gasteiger charge is -2.05. The molecule has 0 atom stereocenters. The summed E-state index contributed by atoms with van der Waals surface area (Å²) in [4.78, 5) is 16.0. The number of amides is 1. The Hall–Kier alpha value is -2.41. The molecule has 2 rings (SSSR count). The van der Waals surface area contributed by atoms with Gasteiger partial charge in [0.25, 0.3) is 5.91 Å². The highest BCUT2D eigenvalue weighted by Crippen LogP contribution is 2.11. The Morgan fingerprint density at radius 1 is 1.42 bits per heavy atom. The maximum atomic E-state index is 12.0. The Balaban J connectivity index is 2.11. The average molecular weight is 260 g/mol. The second-order valence-corrected chi connectivity index (χ2v) is 4.30. The molecule has 2 aromatic rings. The van der Waals surface area contributed by atoms with Gasteiger partial charge in [0.15, 0.2) is 5.82 Å². The molecule has 2 heterocycles. The average Bonchev–Trinajstić information content (AvgIpc) is 2.87. The number of nitrogens with two attached hydrogens (primary N) is 1. The van der Waals surface area contributed by atoms with Crippen LogP contribution in [0.4, 0.5) is 11.5 Å². The monoisotopic (exact) mass is 260 g/mol. The summed E-state index contributed by atoms with van der Waals surface area (Å²) in [6.45, 7) is 4.02. The SMILES string of the molecule is CC(C)n1ccc(NC(=O)c2cc(NN)ccn2)n1. The van der Waals surface area contributed by atoms with Crippen LogP contribution in [-0.2, 0) is 0 Å². The lowest BCUT2D eigenvalue weighted by Crippen LogP contribution is -2.15. The predicted molar refractivity (Wildman–Crippen MR) is 72.6 cm³/mol. The number of nitrogens with one attached hydrogen (secondary N) is 2. The third-order valence-electron chi connectivity index (χ3n) is 2.54. The Labute approximate surface area is 110 Å². The second kappa shape index (κ2) is 5.49. The molecule has 0 aliphatic carbocycles. The summed E-state index contributed by atoms with van der Waals surface area (Å²) in [5.74, 6) is 5.45. The quantitative estimate of drug-likeness (QED) is 0.570. The Morgan fingerprint density at radius 2 is 2.21 bits per heavy atom. The molecule has 4 N–H and O–H groups in total. The number of hydrogen-bond acceptors (Lipinski definition) is 5. The minimum Gasteiger partial charge on any atom is -0.324 e. The van der Waals surface area contributed by atoms with E-state index in [2.05, 4.69) is 20.8 Å².